The first kappa shape index (κ1) is 20.8. The van der Waals surface area contributed by atoms with Crippen molar-refractivity contribution in [2.45, 2.75) is 26.7 Å². The van der Waals surface area contributed by atoms with Gasteiger partial charge < -0.3 is 10.1 Å². The number of carbonyl (C=O) groups excluding carboxylic acids is 1. The van der Waals surface area contributed by atoms with Crippen LogP contribution in [0.15, 0.2) is 66.0 Å². The Morgan fingerprint density at radius 2 is 1.90 bits per heavy atom. The smallest absolute Gasteiger partial charge is 0.225 e. The Morgan fingerprint density at radius 1 is 1.13 bits per heavy atom. The van der Waals surface area contributed by atoms with Gasteiger partial charge in [0.25, 0.3) is 0 Å². The third kappa shape index (κ3) is 5.19. The first-order valence-corrected chi connectivity index (χ1v) is 11.1. The Balaban J connectivity index is 1.47. The van der Waals surface area contributed by atoms with Gasteiger partial charge in [-0.3, -0.25) is 4.79 Å². The SMILES string of the molecule is CCOc1ccc(-c2csc(-n3nc(C)cc3NC(=O)CCc3ccccc3)n2)cc1. The van der Waals surface area contributed by atoms with Crippen LogP contribution in [0, 0.1) is 6.92 Å². The lowest BCUT2D eigenvalue weighted by atomic mass is 10.1. The van der Waals surface area contributed by atoms with E-state index in [-0.39, 0.29) is 5.91 Å². The summed E-state index contributed by atoms with van der Waals surface area (Å²) in [6.07, 6.45) is 1.10. The first-order chi connectivity index (χ1) is 15.1. The van der Waals surface area contributed by atoms with E-state index in [1.54, 1.807) is 4.68 Å². The fraction of sp³-hybridized carbons (Fsp3) is 0.208. The van der Waals surface area contributed by atoms with Gasteiger partial charge in [0.15, 0.2) is 0 Å². The molecule has 0 atom stereocenters. The number of thiazole rings is 1. The lowest BCUT2D eigenvalue weighted by Crippen LogP contribution is -2.15. The van der Waals surface area contributed by atoms with Crippen molar-refractivity contribution in [1.82, 2.24) is 14.8 Å². The Bertz CT molecular complexity index is 1150. The van der Waals surface area contributed by atoms with Crippen LogP contribution in [0.2, 0.25) is 0 Å². The van der Waals surface area contributed by atoms with Gasteiger partial charge >= 0.3 is 0 Å². The number of rotatable bonds is 8. The Kier molecular flexibility index (Phi) is 6.43. The number of hydrogen-bond acceptors (Lipinski definition) is 5. The third-order valence-corrected chi connectivity index (χ3v) is 5.53. The maximum atomic E-state index is 12.5. The van der Waals surface area contributed by atoms with Crippen LogP contribution in [-0.4, -0.2) is 27.3 Å². The van der Waals surface area contributed by atoms with Crippen LogP contribution >= 0.6 is 11.3 Å². The number of benzene rings is 2. The van der Waals surface area contributed by atoms with Gasteiger partial charge in [-0.1, -0.05) is 30.3 Å². The van der Waals surface area contributed by atoms with E-state index in [1.807, 2.05) is 79.9 Å². The van der Waals surface area contributed by atoms with E-state index in [2.05, 4.69) is 10.4 Å². The first-order valence-electron chi connectivity index (χ1n) is 10.2. The van der Waals surface area contributed by atoms with Crippen molar-refractivity contribution in [3.05, 3.63) is 77.3 Å². The van der Waals surface area contributed by atoms with Crippen LogP contribution < -0.4 is 10.1 Å². The molecule has 0 fully saturated rings. The van der Waals surface area contributed by atoms with Gasteiger partial charge in [0.2, 0.25) is 11.0 Å². The highest BCUT2D eigenvalue weighted by molar-refractivity contribution is 7.12. The Hall–Kier alpha value is -3.45. The summed E-state index contributed by atoms with van der Waals surface area (Å²) >= 11 is 1.48. The summed E-state index contributed by atoms with van der Waals surface area (Å²) in [5.41, 5.74) is 3.82. The number of aromatic nitrogens is 3. The number of nitrogens with one attached hydrogen (secondary N) is 1. The van der Waals surface area contributed by atoms with Gasteiger partial charge in [-0.05, 0) is 50.1 Å². The molecule has 0 aliphatic carbocycles. The van der Waals surface area contributed by atoms with Crippen molar-refractivity contribution >= 4 is 23.1 Å². The molecule has 0 aliphatic rings. The minimum absolute atomic E-state index is 0.0479. The number of ether oxygens (including phenoxy) is 1. The van der Waals surface area contributed by atoms with Crippen LogP contribution in [0.3, 0.4) is 0 Å². The van der Waals surface area contributed by atoms with E-state index in [4.69, 9.17) is 9.72 Å². The fourth-order valence-electron chi connectivity index (χ4n) is 3.22. The summed E-state index contributed by atoms with van der Waals surface area (Å²) in [6, 6.07) is 19.7. The molecule has 4 rings (SSSR count). The zero-order chi connectivity index (χ0) is 21.6. The van der Waals surface area contributed by atoms with Gasteiger partial charge in [0.05, 0.1) is 18.0 Å². The predicted octanol–water partition coefficient (Wildman–Crippen LogP) is 5.27. The van der Waals surface area contributed by atoms with Crippen LogP contribution in [0.5, 0.6) is 5.75 Å². The van der Waals surface area contributed by atoms with E-state index in [0.717, 1.165) is 28.3 Å². The summed E-state index contributed by atoms with van der Waals surface area (Å²) < 4.78 is 7.20. The second-order valence-corrected chi connectivity index (χ2v) is 7.93. The molecule has 7 heteroatoms. The van der Waals surface area contributed by atoms with E-state index >= 15 is 0 Å². The van der Waals surface area contributed by atoms with Crippen molar-refractivity contribution in [2.24, 2.45) is 0 Å². The molecule has 0 aliphatic heterocycles. The minimum atomic E-state index is -0.0479. The number of hydrogen-bond donors (Lipinski definition) is 1. The molecular weight excluding hydrogens is 408 g/mol. The molecule has 2 aromatic heterocycles. The second-order valence-electron chi connectivity index (χ2n) is 7.09. The molecule has 6 nitrogen and oxygen atoms in total. The molecule has 0 bridgehead atoms. The molecule has 0 radical (unpaired) electrons. The van der Waals surface area contributed by atoms with Gasteiger partial charge in [0, 0.05) is 23.4 Å². The molecule has 31 heavy (non-hydrogen) atoms. The molecule has 0 unspecified atom stereocenters. The second kappa shape index (κ2) is 9.57. The van der Waals surface area contributed by atoms with Crippen LogP contribution in [0.1, 0.15) is 24.6 Å². The minimum Gasteiger partial charge on any atom is -0.494 e. The summed E-state index contributed by atoms with van der Waals surface area (Å²) in [4.78, 5) is 17.2. The number of carbonyl (C=O) groups is 1. The van der Waals surface area contributed by atoms with E-state index in [0.29, 0.717) is 30.4 Å². The average molecular weight is 433 g/mol. The quantitative estimate of drug-likeness (QED) is 0.412. The zero-order valence-corrected chi connectivity index (χ0v) is 18.4. The fourth-order valence-corrected chi connectivity index (χ4v) is 4.02. The molecule has 2 aromatic carbocycles. The molecule has 2 heterocycles. The Labute approximate surface area is 185 Å². The van der Waals surface area contributed by atoms with Gasteiger partial charge in [-0.25, -0.2) is 4.98 Å². The largest absolute Gasteiger partial charge is 0.494 e. The zero-order valence-electron chi connectivity index (χ0n) is 17.5. The summed E-state index contributed by atoms with van der Waals surface area (Å²) in [6.45, 7) is 4.50. The van der Waals surface area contributed by atoms with Crippen LogP contribution in [0.4, 0.5) is 5.82 Å². The monoisotopic (exact) mass is 432 g/mol. The van der Waals surface area contributed by atoms with E-state index in [1.165, 1.54) is 11.3 Å². The van der Waals surface area contributed by atoms with Gasteiger partial charge in [-0.2, -0.15) is 9.78 Å². The van der Waals surface area contributed by atoms with Crippen molar-refractivity contribution in [3.8, 4) is 22.1 Å². The molecule has 0 saturated carbocycles. The summed E-state index contributed by atoms with van der Waals surface area (Å²) in [5.74, 6) is 1.42. The van der Waals surface area contributed by atoms with Crippen molar-refractivity contribution in [1.29, 1.82) is 0 Å². The molecular formula is C24H24N4O2S. The molecule has 0 saturated heterocycles. The van der Waals surface area contributed by atoms with Crippen LogP contribution in [-0.2, 0) is 11.2 Å². The number of nitrogens with zero attached hydrogens (tertiary/aromatic N) is 3. The third-order valence-electron chi connectivity index (χ3n) is 4.72. The predicted molar refractivity (Wildman–Crippen MR) is 124 cm³/mol. The van der Waals surface area contributed by atoms with E-state index < -0.39 is 0 Å². The number of anilines is 1. The molecule has 158 valence electrons. The standard InChI is InChI=1S/C24H24N4O2S/c1-3-30-20-12-10-19(11-13-20)21-16-31-24(25-21)28-22(15-17(2)27-28)26-23(29)14-9-18-7-5-4-6-8-18/h4-8,10-13,15-16H,3,9,14H2,1-2H3,(H,26,29). The lowest BCUT2D eigenvalue weighted by molar-refractivity contribution is -0.116. The van der Waals surface area contributed by atoms with Crippen molar-refractivity contribution < 1.29 is 9.53 Å². The highest BCUT2D eigenvalue weighted by Gasteiger charge is 2.14. The molecule has 1 N–H and O–H groups in total. The number of aryl methyl sites for hydroxylation is 2. The van der Waals surface area contributed by atoms with E-state index in [9.17, 15) is 4.79 Å². The van der Waals surface area contributed by atoms with Gasteiger partial charge in [0.1, 0.15) is 11.6 Å². The molecule has 1 amide bonds. The summed E-state index contributed by atoms with van der Waals surface area (Å²) in [5, 5.41) is 10.2. The topological polar surface area (TPSA) is 69.0 Å². The maximum Gasteiger partial charge on any atom is 0.225 e. The Morgan fingerprint density at radius 3 is 2.65 bits per heavy atom. The van der Waals surface area contributed by atoms with Gasteiger partial charge in [-0.15, -0.1) is 11.3 Å². The van der Waals surface area contributed by atoms with Crippen LogP contribution in [0.25, 0.3) is 16.4 Å². The lowest BCUT2D eigenvalue weighted by Gasteiger charge is -2.07. The maximum absolute atomic E-state index is 12.5. The average Bonchev–Trinajstić information content (AvgIpc) is 3.40. The highest BCUT2D eigenvalue weighted by atomic mass is 32.1. The normalized spacial score (nSPS) is 10.8. The molecule has 0 spiro atoms. The highest BCUT2D eigenvalue weighted by Crippen LogP contribution is 2.27. The number of amides is 1. The van der Waals surface area contributed by atoms with Crippen molar-refractivity contribution in [3.63, 3.8) is 0 Å². The van der Waals surface area contributed by atoms with Crippen molar-refractivity contribution in [2.75, 3.05) is 11.9 Å². The summed E-state index contributed by atoms with van der Waals surface area (Å²) in [7, 11) is 0. The molecule has 4 aromatic rings.